The average molecular weight is 296 g/mol. The zero-order valence-corrected chi connectivity index (χ0v) is 12.4. The summed E-state index contributed by atoms with van der Waals surface area (Å²) in [6, 6.07) is 1.19. The van der Waals surface area contributed by atoms with Crippen molar-refractivity contribution in [3.05, 3.63) is 18.0 Å². The third-order valence-corrected chi connectivity index (χ3v) is 3.48. The molecule has 7 heteroatoms. The van der Waals surface area contributed by atoms with Gasteiger partial charge in [0.2, 0.25) is 0 Å². The van der Waals surface area contributed by atoms with Gasteiger partial charge in [0.1, 0.15) is 0 Å². The van der Waals surface area contributed by atoms with Gasteiger partial charge in [-0.2, -0.15) is 0 Å². The van der Waals surface area contributed by atoms with Crippen molar-refractivity contribution in [1.29, 1.82) is 0 Å². The zero-order chi connectivity index (χ0) is 15.5. The summed E-state index contributed by atoms with van der Waals surface area (Å²) in [5.41, 5.74) is -0.0850. The van der Waals surface area contributed by atoms with E-state index in [2.05, 4.69) is 10.3 Å². The van der Waals surface area contributed by atoms with E-state index in [1.807, 2.05) is 13.8 Å². The highest BCUT2D eigenvalue weighted by molar-refractivity contribution is 5.95. The van der Waals surface area contributed by atoms with Crippen LogP contribution >= 0.6 is 0 Å². The Balaban J connectivity index is 2.00. The molecule has 0 atom stereocenters. The maximum atomic E-state index is 12.1. The van der Waals surface area contributed by atoms with Crippen LogP contribution in [-0.4, -0.2) is 48.2 Å². The van der Waals surface area contributed by atoms with Crippen molar-refractivity contribution >= 4 is 5.91 Å². The summed E-state index contributed by atoms with van der Waals surface area (Å²) in [6.45, 7) is 4.53. The predicted octanol–water partition coefficient (Wildman–Crippen LogP) is 1.07. The molecule has 0 saturated carbocycles. The largest absolute Gasteiger partial charge is 0.503 e. The van der Waals surface area contributed by atoms with Gasteiger partial charge in [-0.1, -0.05) is 6.92 Å². The molecule has 0 bridgehead atoms. The average Bonchev–Trinajstić information content (AvgIpc) is 2.50. The van der Waals surface area contributed by atoms with Crippen LogP contribution < -0.4 is 10.1 Å². The highest BCUT2D eigenvalue weighted by Crippen LogP contribution is 2.27. The van der Waals surface area contributed by atoms with E-state index in [9.17, 15) is 9.90 Å². The first kappa shape index (κ1) is 15.5. The number of nitrogens with one attached hydrogen (secondary N) is 1. The normalized spacial score (nSPS) is 25.4. The standard InChI is InChI=1S/C14H20N2O5/c1-4-14(2)20-7-9(8-21-14)16-13(18)11-12(17)10(19-3)5-6-15-11/h5-6,9,17H,4,7-8H2,1-3H3,(H,16,18). The van der Waals surface area contributed by atoms with Gasteiger partial charge in [-0.05, 0) is 13.3 Å². The van der Waals surface area contributed by atoms with Crippen LogP contribution in [-0.2, 0) is 9.47 Å². The van der Waals surface area contributed by atoms with E-state index in [1.54, 1.807) is 0 Å². The molecular weight excluding hydrogens is 276 g/mol. The Labute approximate surface area is 123 Å². The van der Waals surface area contributed by atoms with E-state index >= 15 is 0 Å². The van der Waals surface area contributed by atoms with Crippen LogP contribution in [0.2, 0.25) is 0 Å². The Morgan fingerprint density at radius 2 is 2.24 bits per heavy atom. The topological polar surface area (TPSA) is 89.9 Å². The zero-order valence-electron chi connectivity index (χ0n) is 12.4. The second kappa shape index (κ2) is 6.28. The Bertz CT molecular complexity index is 512. The number of aromatic nitrogens is 1. The van der Waals surface area contributed by atoms with Gasteiger partial charge in [0.25, 0.3) is 5.91 Å². The van der Waals surface area contributed by atoms with Crippen LogP contribution in [0.15, 0.2) is 12.3 Å². The molecule has 21 heavy (non-hydrogen) atoms. The van der Waals surface area contributed by atoms with Crippen LogP contribution in [0.5, 0.6) is 11.5 Å². The first-order valence-electron chi connectivity index (χ1n) is 6.80. The van der Waals surface area contributed by atoms with Crippen molar-refractivity contribution in [2.75, 3.05) is 20.3 Å². The number of carbonyl (C=O) groups is 1. The second-order valence-electron chi connectivity index (χ2n) is 4.99. The number of ether oxygens (including phenoxy) is 3. The lowest BCUT2D eigenvalue weighted by Crippen LogP contribution is -2.51. The molecule has 1 saturated heterocycles. The molecule has 0 unspecified atom stereocenters. The lowest BCUT2D eigenvalue weighted by molar-refractivity contribution is -0.263. The quantitative estimate of drug-likeness (QED) is 0.863. The van der Waals surface area contributed by atoms with Gasteiger partial charge >= 0.3 is 0 Å². The summed E-state index contributed by atoms with van der Waals surface area (Å²) >= 11 is 0. The minimum absolute atomic E-state index is 0.0850. The van der Waals surface area contributed by atoms with Gasteiger partial charge in [0.05, 0.1) is 26.4 Å². The van der Waals surface area contributed by atoms with Crippen molar-refractivity contribution in [3.63, 3.8) is 0 Å². The highest BCUT2D eigenvalue weighted by Gasteiger charge is 2.32. The third-order valence-electron chi connectivity index (χ3n) is 3.48. The Hall–Kier alpha value is -1.86. The van der Waals surface area contributed by atoms with Crippen molar-refractivity contribution < 1.29 is 24.1 Å². The molecule has 1 aromatic heterocycles. The summed E-state index contributed by atoms with van der Waals surface area (Å²) < 4.78 is 16.1. The number of hydrogen-bond donors (Lipinski definition) is 2. The molecule has 0 aliphatic carbocycles. The number of carbonyl (C=O) groups excluding carboxylic acids is 1. The van der Waals surface area contributed by atoms with Gasteiger partial charge in [-0.25, -0.2) is 4.98 Å². The lowest BCUT2D eigenvalue weighted by Gasteiger charge is -2.37. The van der Waals surface area contributed by atoms with Crippen molar-refractivity contribution in [2.24, 2.45) is 0 Å². The van der Waals surface area contributed by atoms with E-state index in [-0.39, 0.29) is 23.2 Å². The molecule has 1 aliphatic rings. The van der Waals surface area contributed by atoms with Crippen LogP contribution in [0.25, 0.3) is 0 Å². The number of amides is 1. The summed E-state index contributed by atoms with van der Waals surface area (Å²) in [5.74, 6) is -1.18. The SMILES string of the molecule is CCC1(C)OCC(NC(=O)c2nccc(OC)c2O)CO1. The number of hydrogen-bond acceptors (Lipinski definition) is 6. The minimum atomic E-state index is -0.600. The Morgan fingerprint density at radius 3 is 2.81 bits per heavy atom. The lowest BCUT2D eigenvalue weighted by atomic mass is 10.2. The fourth-order valence-electron chi connectivity index (χ4n) is 1.95. The number of rotatable bonds is 4. The van der Waals surface area contributed by atoms with Gasteiger partial charge in [-0.3, -0.25) is 4.79 Å². The second-order valence-corrected chi connectivity index (χ2v) is 4.99. The number of nitrogens with zero attached hydrogens (tertiary/aromatic N) is 1. The van der Waals surface area contributed by atoms with Gasteiger partial charge in [0, 0.05) is 12.3 Å². The molecule has 2 N–H and O–H groups in total. The van der Waals surface area contributed by atoms with E-state index in [0.29, 0.717) is 13.2 Å². The molecule has 0 radical (unpaired) electrons. The van der Waals surface area contributed by atoms with Crippen LogP contribution in [0.3, 0.4) is 0 Å². The third kappa shape index (κ3) is 3.43. The van der Waals surface area contributed by atoms with Crippen molar-refractivity contribution in [1.82, 2.24) is 10.3 Å². The molecule has 0 aromatic carbocycles. The van der Waals surface area contributed by atoms with Crippen molar-refractivity contribution in [2.45, 2.75) is 32.1 Å². The van der Waals surface area contributed by atoms with Gasteiger partial charge in [-0.15, -0.1) is 0 Å². The first-order valence-corrected chi connectivity index (χ1v) is 6.80. The van der Waals surface area contributed by atoms with Crippen LogP contribution in [0.4, 0.5) is 0 Å². The maximum Gasteiger partial charge on any atom is 0.274 e. The Morgan fingerprint density at radius 1 is 1.57 bits per heavy atom. The molecule has 2 heterocycles. The molecule has 1 amide bonds. The number of pyridine rings is 1. The summed E-state index contributed by atoms with van der Waals surface area (Å²) in [6.07, 6.45) is 2.13. The first-order chi connectivity index (χ1) is 9.99. The smallest absolute Gasteiger partial charge is 0.274 e. The number of aromatic hydroxyl groups is 1. The molecule has 1 fully saturated rings. The molecule has 0 spiro atoms. The molecule has 7 nitrogen and oxygen atoms in total. The van der Waals surface area contributed by atoms with Crippen molar-refractivity contribution in [3.8, 4) is 11.5 Å². The molecular formula is C14H20N2O5. The summed E-state index contributed by atoms with van der Waals surface area (Å²) in [5, 5.41) is 12.6. The molecule has 2 rings (SSSR count). The van der Waals surface area contributed by atoms with E-state index < -0.39 is 11.7 Å². The van der Waals surface area contributed by atoms with E-state index in [0.717, 1.165) is 6.42 Å². The summed E-state index contributed by atoms with van der Waals surface area (Å²) in [4.78, 5) is 16.0. The molecule has 1 aliphatic heterocycles. The van der Waals surface area contributed by atoms with Crippen LogP contribution in [0.1, 0.15) is 30.8 Å². The van der Waals surface area contributed by atoms with E-state index in [4.69, 9.17) is 14.2 Å². The van der Waals surface area contributed by atoms with Gasteiger partial charge in [0.15, 0.2) is 23.0 Å². The minimum Gasteiger partial charge on any atom is -0.503 e. The highest BCUT2D eigenvalue weighted by atomic mass is 16.7. The van der Waals surface area contributed by atoms with E-state index in [1.165, 1.54) is 19.4 Å². The summed E-state index contributed by atoms with van der Waals surface area (Å²) in [7, 11) is 1.41. The fraction of sp³-hybridized carbons (Fsp3) is 0.571. The van der Waals surface area contributed by atoms with Gasteiger partial charge < -0.3 is 24.6 Å². The monoisotopic (exact) mass is 296 g/mol. The number of methoxy groups -OCH3 is 1. The fourth-order valence-corrected chi connectivity index (χ4v) is 1.95. The maximum absolute atomic E-state index is 12.1. The predicted molar refractivity (Wildman–Crippen MR) is 74.3 cm³/mol. The Kier molecular flexibility index (Phi) is 4.64. The van der Waals surface area contributed by atoms with Crippen LogP contribution in [0, 0.1) is 0 Å². The molecule has 116 valence electrons. The molecule has 1 aromatic rings.